The van der Waals surface area contributed by atoms with Crippen molar-refractivity contribution >= 4 is 16.8 Å². The van der Waals surface area contributed by atoms with Gasteiger partial charge in [-0.05, 0) is 13.0 Å². The van der Waals surface area contributed by atoms with Crippen molar-refractivity contribution in [1.82, 2.24) is 29.9 Å². The van der Waals surface area contributed by atoms with E-state index in [-0.39, 0.29) is 12.0 Å². The summed E-state index contributed by atoms with van der Waals surface area (Å²) in [5.41, 5.74) is 1.31. The maximum absolute atomic E-state index is 12.9. The predicted octanol–water partition coefficient (Wildman–Crippen LogP) is 1.39. The predicted molar refractivity (Wildman–Crippen MR) is 86.4 cm³/mol. The fourth-order valence-corrected chi connectivity index (χ4v) is 3.02. The van der Waals surface area contributed by atoms with Crippen molar-refractivity contribution in [1.29, 1.82) is 0 Å². The van der Waals surface area contributed by atoms with Crippen LogP contribution in [0.2, 0.25) is 0 Å². The molecule has 3 heterocycles. The summed E-state index contributed by atoms with van der Waals surface area (Å²) in [5, 5.41) is 16.0. The molecule has 1 saturated heterocycles. The molecule has 1 atom stereocenters. The van der Waals surface area contributed by atoms with Gasteiger partial charge in [0.2, 0.25) is 0 Å². The van der Waals surface area contributed by atoms with E-state index in [1.807, 2.05) is 35.8 Å². The van der Waals surface area contributed by atoms with Gasteiger partial charge < -0.3 is 14.2 Å². The molecule has 0 saturated carbocycles. The molecule has 3 aromatic rings. The third-order valence-electron chi connectivity index (χ3n) is 4.30. The number of hydrogen-bond donors (Lipinski definition) is 1. The second-order valence-electron chi connectivity index (χ2n) is 5.70. The number of amides is 1. The number of nitrogens with one attached hydrogen (secondary N) is 1. The van der Waals surface area contributed by atoms with Gasteiger partial charge in [0.05, 0.1) is 18.7 Å². The molecule has 4 rings (SSSR count). The molecular formula is C16H18N6O2. The SMILES string of the molecule is CCn1cnnc1C1CN(C(=O)c2n[nH]c3ccccc23)CCO1. The van der Waals surface area contributed by atoms with Crippen molar-refractivity contribution in [3.63, 3.8) is 0 Å². The van der Waals surface area contributed by atoms with Gasteiger partial charge in [0.15, 0.2) is 11.5 Å². The zero-order chi connectivity index (χ0) is 16.5. The molecule has 24 heavy (non-hydrogen) atoms. The van der Waals surface area contributed by atoms with Gasteiger partial charge in [-0.15, -0.1) is 10.2 Å². The first-order chi connectivity index (χ1) is 11.8. The number of rotatable bonds is 3. The van der Waals surface area contributed by atoms with E-state index >= 15 is 0 Å². The number of aromatic nitrogens is 5. The summed E-state index contributed by atoms with van der Waals surface area (Å²) in [7, 11) is 0. The Kier molecular flexibility index (Phi) is 3.73. The summed E-state index contributed by atoms with van der Waals surface area (Å²) in [6, 6.07) is 7.63. The number of benzene rings is 1. The van der Waals surface area contributed by atoms with Gasteiger partial charge in [-0.1, -0.05) is 18.2 Å². The monoisotopic (exact) mass is 326 g/mol. The van der Waals surface area contributed by atoms with Gasteiger partial charge in [0, 0.05) is 18.5 Å². The number of aromatic amines is 1. The Morgan fingerprint density at radius 3 is 3.17 bits per heavy atom. The molecule has 1 amide bonds. The Hall–Kier alpha value is -2.74. The highest BCUT2D eigenvalue weighted by molar-refractivity contribution is 6.04. The fraction of sp³-hybridized carbons (Fsp3) is 0.375. The largest absolute Gasteiger partial charge is 0.366 e. The quantitative estimate of drug-likeness (QED) is 0.785. The number of hydrogen-bond acceptors (Lipinski definition) is 5. The number of H-pyrrole nitrogens is 1. The first kappa shape index (κ1) is 14.8. The van der Waals surface area contributed by atoms with Gasteiger partial charge in [0.1, 0.15) is 12.4 Å². The lowest BCUT2D eigenvalue weighted by Crippen LogP contribution is -2.43. The Balaban J connectivity index is 1.59. The number of para-hydroxylation sites is 1. The van der Waals surface area contributed by atoms with Crippen LogP contribution in [0.5, 0.6) is 0 Å². The molecular weight excluding hydrogens is 308 g/mol. The molecule has 0 bridgehead atoms. The van der Waals surface area contributed by atoms with E-state index in [1.165, 1.54) is 0 Å². The molecule has 0 aliphatic carbocycles. The van der Waals surface area contributed by atoms with Crippen LogP contribution in [0.4, 0.5) is 0 Å². The van der Waals surface area contributed by atoms with Crippen LogP contribution < -0.4 is 0 Å². The number of aryl methyl sites for hydroxylation is 1. The Morgan fingerprint density at radius 2 is 2.29 bits per heavy atom. The van der Waals surface area contributed by atoms with Crippen LogP contribution in [0.1, 0.15) is 29.3 Å². The fourth-order valence-electron chi connectivity index (χ4n) is 3.02. The Morgan fingerprint density at radius 1 is 1.42 bits per heavy atom. The number of fused-ring (bicyclic) bond motifs is 1. The summed E-state index contributed by atoms with van der Waals surface area (Å²) in [4.78, 5) is 14.7. The summed E-state index contributed by atoms with van der Waals surface area (Å²) < 4.78 is 7.74. The topological polar surface area (TPSA) is 88.9 Å². The lowest BCUT2D eigenvalue weighted by Gasteiger charge is -2.32. The summed E-state index contributed by atoms with van der Waals surface area (Å²) >= 11 is 0. The number of ether oxygens (including phenoxy) is 1. The molecule has 1 N–H and O–H groups in total. The lowest BCUT2D eigenvalue weighted by atomic mass is 10.1. The van der Waals surface area contributed by atoms with Crippen LogP contribution in [0, 0.1) is 0 Å². The molecule has 1 fully saturated rings. The molecule has 124 valence electrons. The maximum atomic E-state index is 12.9. The third-order valence-corrected chi connectivity index (χ3v) is 4.30. The highest BCUT2D eigenvalue weighted by atomic mass is 16.5. The van der Waals surface area contributed by atoms with Crippen LogP contribution in [-0.2, 0) is 11.3 Å². The van der Waals surface area contributed by atoms with Gasteiger partial charge in [-0.25, -0.2) is 0 Å². The minimum atomic E-state index is -0.268. The lowest BCUT2D eigenvalue weighted by molar-refractivity contribution is -0.0285. The molecule has 0 radical (unpaired) electrons. The van der Waals surface area contributed by atoms with E-state index in [0.29, 0.717) is 25.4 Å². The van der Waals surface area contributed by atoms with Gasteiger partial charge in [0.25, 0.3) is 5.91 Å². The molecule has 8 heteroatoms. The molecule has 1 unspecified atom stereocenters. The first-order valence-corrected chi connectivity index (χ1v) is 7.99. The molecule has 2 aromatic heterocycles. The van der Waals surface area contributed by atoms with Crippen LogP contribution in [-0.4, -0.2) is 55.5 Å². The normalized spacial score (nSPS) is 18.2. The number of carbonyl (C=O) groups excluding carboxylic acids is 1. The molecule has 1 aromatic carbocycles. The van der Waals surface area contributed by atoms with Crippen LogP contribution in [0.25, 0.3) is 10.9 Å². The molecule has 8 nitrogen and oxygen atoms in total. The van der Waals surface area contributed by atoms with E-state index in [2.05, 4.69) is 20.4 Å². The van der Waals surface area contributed by atoms with E-state index < -0.39 is 0 Å². The summed E-state index contributed by atoms with van der Waals surface area (Å²) in [6.07, 6.45) is 1.41. The van der Waals surface area contributed by atoms with E-state index in [4.69, 9.17) is 4.74 Å². The van der Waals surface area contributed by atoms with Crippen molar-refractivity contribution in [2.75, 3.05) is 19.7 Å². The molecule has 1 aliphatic rings. The average molecular weight is 326 g/mol. The van der Waals surface area contributed by atoms with E-state index in [0.717, 1.165) is 23.3 Å². The average Bonchev–Trinajstić information content (AvgIpc) is 3.28. The standard InChI is InChI=1S/C16H18N6O2/c1-2-21-10-17-20-15(21)13-9-22(7-8-24-13)16(23)14-11-5-3-4-6-12(11)18-19-14/h3-6,10,13H,2,7-9H2,1H3,(H,18,19). The smallest absolute Gasteiger partial charge is 0.275 e. The van der Waals surface area contributed by atoms with Gasteiger partial charge >= 0.3 is 0 Å². The number of morpholine rings is 1. The van der Waals surface area contributed by atoms with Crippen LogP contribution >= 0.6 is 0 Å². The van der Waals surface area contributed by atoms with Crippen LogP contribution in [0.15, 0.2) is 30.6 Å². The van der Waals surface area contributed by atoms with Crippen molar-refractivity contribution in [3.05, 3.63) is 42.1 Å². The first-order valence-electron chi connectivity index (χ1n) is 7.99. The Bertz CT molecular complexity index is 870. The summed E-state index contributed by atoms with van der Waals surface area (Å²) in [6.45, 7) is 4.24. The minimum Gasteiger partial charge on any atom is -0.366 e. The third kappa shape index (κ3) is 2.44. The van der Waals surface area contributed by atoms with E-state index in [9.17, 15) is 4.79 Å². The highest BCUT2D eigenvalue weighted by Crippen LogP contribution is 2.23. The maximum Gasteiger partial charge on any atom is 0.275 e. The molecule has 0 spiro atoms. The van der Waals surface area contributed by atoms with Gasteiger partial charge in [-0.3, -0.25) is 9.89 Å². The zero-order valence-corrected chi connectivity index (χ0v) is 13.3. The summed E-state index contributed by atoms with van der Waals surface area (Å²) in [5.74, 6) is 0.658. The Labute approximate surface area is 138 Å². The van der Waals surface area contributed by atoms with Gasteiger partial charge in [-0.2, -0.15) is 5.10 Å². The van der Waals surface area contributed by atoms with Crippen molar-refractivity contribution in [2.24, 2.45) is 0 Å². The number of nitrogens with zero attached hydrogens (tertiary/aromatic N) is 5. The van der Waals surface area contributed by atoms with Crippen LogP contribution in [0.3, 0.4) is 0 Å². The second-order valence-corrected chi connectivity index (χ2v) is 5.70. The van der Waals surface area contributed by atoms with Crippen molar-refractivity contribution in [3.8, 4) is 0 Å². The zero-order valence-electron chi connectivity index (χ0n) is 13.3. The number of carbonyl (C=O) groups is 1. The van der Waals surface area contributed by atoms with Crippen molar-refractivity contribution in [2.45, 2.75) is 19.6 Å². The highest BCUT2D eigenvalue weighted by Gasteiger charge is 2.30. The van der Waals surface area contributed by atoms with E-state index in [1.54, 1.807) is 11.2 Å². The minimum absolute atomic E-state index is 0.0942. The molecule has 1 aliphatic heterocycles. The van der Waals surface area contributed by atoms with Crippen molar-refractivity contribution < 1.29 is 9.53 Å². The second kappa shape index (κ2) is 6.04.